The summed E-state index contributed by atoms with van der Waals surface area (Å²) in [5.41, 5.74) is 5.74. The molecule has 0 radical (unpaired) electrons. The van der Waals surface area contributed by atoms with Crippen LogP contribution in [0.2, 0.25) is 0 Å². The van der Waals surface area contributed by atoms with E-state index in [-0.39, 0.29) is 0 Å². The van der Waals surface area contributed by atoms with Crippen LogP contribution in [0.5, 0.6) is 11.5 Å². The molecule has 0 N–H and O–H groups in total. The molecule has 0 bridgehead atoms. The van der Waals surface area contributed by atoms with Gasteiger partial charge in [-0.2, -0.15) is 4.58 Å². The molecular formula is C22H20NO2+. The lowest BCUT2D eigenvalue weighted by Crippen LogP contribution is -2.21. The molecule has 3 heteroatoms. The molecule has 0 aromatic heterocycles. The lowest BCUT2D eigenvalue weighted by molar-refractivity contribution is -0.476. The van der Waals surface area contributed by atoms with Crippen LogP contribution in [0.15, 0.2) is 66.7 Å². The highest BCUT2D eigenvalue weighted by molar-refractivity contribution is 5.85. The predicted molar refractivity (Wildman–Crippen MR) is 100 cm³/mol. The van der Waals surface area contributed by atoms with E-state index in [2.05, 4.69) is 54.1 Å². The molecular weight excluding hydrogens is 310 g/mol. The summed E-state index contributed by atoms with van der Waals surface area (Å²) in [6, 6.07) is 22.8. The Morgan fingerprint density at radius 1 is 0.920 bits per heavy atom. The van der Waals surface area contributed by atoms with Crippen LogP contribution in [0.25, 0.3) is 11.1 Å². The van der Waals surface area contributed by atoms with E-state index < -0.39 is 0 Å². The molecule has 124 valence electrons. The topological polar surface area (TPSA) is 21.5 Å². The summed E-state index contributed by atoms with van der Waals surface area (Å²) in [5.74, 6) is 1.81. The highest BCUT2D eigenvalue weighted by Crippen LogP contribution is 2.32. The first-order valence-corrected chi connectivity index (χ1v) is 8.33. The Morgan fingerprint density at radius 2 is 1.68 bits per heavy atom. The predicted octanol–water partition coefficient (Wildman–Crippen LogP) is 4.78. The van der Waals surface area contributed by atoms with Crippen molar-refractivity contribution < 1.29 is 14.0 Å². The third kappa shape index (κ3) is 3.01. The second-order valence-electron chi connectivity index (χ2n) is 6.15. The first kappa shape index (κ1) is 15.5. The summed E-state index contributed by atoms with van der Waals surface area (Å²) in [7, 11) is 1.68. The van der Waals surface area contributed by atoms with Crippen LogP contribution in [0.4, 0.5) is 5.69 Å². The Morgan fingerprint density at radius 3 is 2.40 bits per heavy atom. The van der Waals surface area contributed by atoms with Crippen molar-refractivity contribution in [1.82, 2.24) is 0 Å². The third-order valence-corrected chi connectivity index (χ3v) is 4.46. The van der Waals surface area contributed by atoms with Gasteiger partial charge in [0.25, 0.3) is 6.73 Å². The lowest BCUT2D eigenvalue weighted by atomic mass is 9.99. The normalized spacial score (nSPS) is 12.8. The maximum atomic E-state index is 6.03. The Bertz CT molecular complexity index is 928. The van der Waals surface area contributed by atoms with Crippen LogP contribution in [-0.2, 0) is 0 Å². The fraction of sp³-hybridized carbons (Fsp3) is 0.136. The highest BCUT2D eigenvalue weighted by atomic mass is 16.5. The zero-order chi connectivity index (χ0) is 17.2. The molecule has 0 amide bonds. The Hall–Kier alpha value is -3.07. The minimum atomic E-state index is 0.505. The third-order valence-electron chi connectivity index (χ3n) is 4.46. The quantitative estimate of drug-likeness (QED) is 0.644. The Labute approximate surface area is 147 Å². The molecule has 0 saturated carbocycles. The molecule has 3 aromatic carbocycles. The average molecular weight is 330 g/mol. The number of aryl methyl sites for hydroxylation is 1. The molecule has 1 aliphatic heterocycles. The van der Waals surface area contributed by atoms with E-state index in [0.29, 0.717) is 6.73 Å². The van der Waals surface area contributed by atoms with Gasteiger partial charge in [-0.3, -0.25) is 0 Å². The van der Waals surface area contributed by atoms with Gasteiger partial charge in [-0.05, 0) is 47.9 Å². The summed E-state index contributed by atoms with van der Waals surface area (Å²) in [5, 5.41) is 0. The first-order valence-electron chi connectivity index (χ1n) is 8.33. The zero-order valence-corrected chi connectivity index (χ0v) is 14.4. The molecule has 1 aliphatic rings. The summed E-state index contributed by atoms with van der Waals surface area (Å²) < 4.78 is 13.4. The molecule has 3 aromatic rings. The molecule has 0 aliphatic carbocycles. The van der Waals surface area contributed by atoms with Gasteiger partial charge < -0.3 is 9.47 Å². The van der Waals surface area contributed by atoms with Crippen molar-refractivity contribution in [3.8, 4) is 22.6 Å². The fourth-order valence-electron chi connectivity index (χ4n) is 3.15. The van der Waals surface area contributed by atoms with Gasteiger partial charge in [-0.25, -0.2) is 0 Å². The number of hydrogen-bond donors (Lipinski definition) is 0. The standard InChI is InChI=1S/C22H20NO2/c1-16-12-18(17-6-4-3-5-7-17)13-19-14-23(15-25-22(16)19)20-8-10-21(24-2)11-9-20/h3-14H,15H2,1-2H3/q+1. The van der Waals surface area contributed by atoms with Gasteiger partial charge in [0, 0.05) is 12.1 Å². The van der Waals surface area contributed by atoms with E-state index >= 15 is 0 Å². The molecule has 25 heavy (non-hydrogen) atoms. The number of methoxy groups -OCH3 is 1. The van der Waals surface area contributed by atoms with Gasteiger partial charge >= 0.3 is 0 Å². The largest absolute Gasteiger partial charge is 0.497 e. The molecule has 4 rings (SSSR count). The average Bonchev–Trinajstić information content (AvgIpc) is 2.68. The Balaban J connectivity index is 1.76. The van der Waals surface area contributed by atoms with Gasteiger partial charge in [0.05, 0.1) is 12.7 Å². The van der Waals surface area contributed by atoms with Crippen molar-refractivity contribution in [1.29, 1.82) is 0 Å². The van der Waals surface area contributed by atoms with Crippen molar-refractivity contribution in [2.45, 2.75) is 6.92 Å². The number of benzene rings is 3. The van der Waals surface area contributed by atoms with Crippen LogP contribution in [0, 0.1) is 6.92 Å². The van der Waals surface area contributed by atoms with Gasteiger partial charge in [0.15, 0.2) is 6.21 Å². The summed E-state index contributed by atoms with van der Waals surface area (Å²) >= 11 is 0. The van der Waals surface area contributed by atoms with Gasteiger partial charge in [-0.1, -0.05) is 30.3 Å². The first-order chi connectivity index (χ1) is 12.2. The molecule has 1 heterocycles. The lowest BCUT2D eigenvalue weighted by Gasteiger charge is -2.17. The number of hydrogen-bond acceptors (Lipinski definition) is 2. The van der Waals surface area contributed by atoms with E-state index in [1.807, 2.05) is 30.3 Å². The number of rotatable bonds is 3. The van der Waals surface area contributed by atoms with Crippen molar-refractivity contribution >= 4 is 11.9 Å². The molecule has 0 atom stereocenters. The molecule has 0 spiro atoms. The van der Waals surface area contributed by atoms with E-state index in [1.54, 1.807) is 7.11 Å². The number of fused-ring (bicyclic) bond motifs is 1. The van der Waals surface area contributed by atoms with Gasteiger partial charge in [0.1, 0.15) is 11.5 Å². The van der Waals surface area contributed by atoms with Crippen LogP contribution in [0.1, 0.15) is 11.1 Å². The highest BCUT2D eigenvalue weighted by Gasteiger charge is 2.21. The minimum Gasteiger partial charge on any atom is -0.497 e. The monoisotopic (exact) mass is 330 g/mol. The van der Waals surface area contributed by atoms with Crippen LogP contribution in [0.3, 0.4) is 0 Å². The molecule has 3 nitrogen and oxygen atoms in total. The van der Waals surface area contributed by atoms with Gasteiger partial charge in [0.2, 0.25) is 5.69 Å². The van der Waals surface area contributed by atoms with Crippen molar-refractivity contribution in [3.63, 3.8) is 0 Å². The zero-order valence-electron chi connectivity index (χ0n) is 14.4. The summed E-state index contributed by atoms with van der Waals surface area (Å²) in [6.07, 6.45) is 2.15. The second-order valence-corrected chi connectivity index (χ2v) is 6.15. The molecule has 0 saturated heterocycles. The summed E-state index contributed by atoms with van der Waals surface area (Å²) in [4.78, 5) is 0. The maximum Gasteiger partial charge on any atom is 0.292 e. The van der Waals surface area contributed by atoms with E-state index in [1.165, 1.54) is 11.1 Å². The van der Waals surface area contributed by atoms with Crippen molar-refractivity contribution in [2.75, 3.05) is 13.8 Å². The Kier molecular flexibility index (Phi) is 3.98. The number of ether oxygens (including phenoxy) is 2. The van der Waals surface area contributed by atoms with Crippen LogP contribution < -0.4 is 9.47 Å². The molecule has 0 fully saturated rings. The fourth-order valence-corrected chi connectivity index (χ4v) is 3.15. The molecule has 0 unspecified atom stereocenters. The van der Waals surface area contributed by atoms with E-state index in [0.717, 1.165) is 28.3 Å². The van der Waals surface area contributed by atoms with Crippen LogP contribution in [-0.4, -0.2) is 24.6 Å². The van der Waals surface area contributed by atoms with E-state index in [4.69, 9.17) is 9.47 Å². The SMILES string of the molecule is COc1ccc([N+]2=Cc3cc(-c4ccccc4)cc(C)c3OC2)cc1. The smallest absolute Gasteiger partial charge is 0.292 e. The number of nitrogens with zero attached hydrogens (tertiary/aromatic N) is 1. The summed E-state index contributed by atoms with van der Waals surface area (Å²) in [6.45, 7) is 2.60. The second kappa shape index (κ2) is 6.44. The van der Waals surface area contributed by atoms with Gasteiger partial charge in [-0.15, -0.1) is 0 Å². The minimum absolute atomic E-state index is 0.505. The van der Waals surface area contributed by atoms with Crippen molar-refractivity contribution in [2.24, 2.45) is 0 Å². The maximum absolute atomic E-state index is 6.03. The van der Waals surface area contributed by atoms with Crippen molar-refractivity contribution in [3.05, 3.63) is 77.9 Å². The van der Waals surface area contributed by atoms with E-state index in [9.17, 15) is 0 Å². The van der Waals surface area contributed by atoms with Crippen LogP contribution >= 0.6 is 0 Å².